The summed E-state index contributed by atoms with van der Waals surface area (Å²) in [6.45, 7) is 2.48. The molecule has 0 saturated carbocycles. The van der Waals surface area contributed by atoms with Gasteiger partial charge in [-0.15, -0.1) is 0 Å². The van der Waals surface area contributed by atoms with E-state index in [0.29, 0.717) is 6.61 Å². The molecule has 0 radical (unpaired) electrons. The number of nitrogen functional groups attached to an aromatic ring is 1. The number of hydrogen-bond donors (Lipinski definition) is 1. The highest BCUT2D eigenvalue weighted by molar-refractivity contribution is 5.48. The van der Waals surface area contributed by atoms with E-state index in [1.165, 1.54) is 0 Å². The summed E-state index contributed by atoms with van der Waals surface area (Å²) in [5, 5.41) is 0. The monoisotopic (exact) mass is 253 g/mol. The molecule has 0 bridgehead atoms. The number of ether oxygens (including phenoxy) is 1. The van der Waals surface area contributed by atoms with E-state index in [1.54, 1.807) is 0 Å². The third kappa shape index (κ3) is 2.38. The highest BCUT2D eigenvalue weighted by Crippen LogP contribution is 2.18. The van der Waals surface area contributed by atoms with Crippen LogP contribution in [0.4, 0.5) is 5.69 Å². The number of fused-ring (bicyclic) bond motifs is 1. The van der Waals surface area contributed by atoms with E-state index in [9.17, 15) is 0 Å². The minimum atomic E-state index is 0.451. The summed E-state index contributed by atoms with van der Waals surface area (Å²) in [5.74, 6) is 0.888. The molecule has 3 aromatic rings. The zero-order valence-electron chi connectivity index (χ0n) is 10.7. The van der Waals surface area contributed by atoms with Crippen LogP contribution in [0, 0.1) is 6.92 Å². The highest BCUT2D eigenvalue weighted by Gasteiger charge is 2.04. The van der Waals surface area contributed by atoms with E-state index >= 15 is 0 Å². The van der Waals surface area contributed by atoms with E-state index in [2.05, 4.69) is 4.98 Å². The quantitative estimate of drug-likeness (QED) is 0.781. The summed E-state index contributed by atoms with van der Waals surface area (Å²) in [4.78, 5) is 4.48. The zero-order chi connectivity index (χ0) is 13.2. The lowest BCUT2D eigenvalue weighted by Gasteiger charge is -2.06. The number of pyridine rings is 1. The minimum absolute atomic E-state index is 0.451. The molecule has 0 unspecified atom stereocenters. The van der Waals surface area contributed by atoms with Gasteiger partial charge in [0, 0.05) is 18.1 Å². The van der Waals surface area contributed by atoms with Gasteiger partial charge in [-0.3, -0.25) is 0 Å². The minimum Gasteiger partial charge on any atom is -0.487 e. The Kier molecular flexibility index (Phi) is 2.83. The molecule has 0 fully saturated rings. The van der Waals surface area contributed by atoms with Crippen LogP contribution in [0.25, 0.3) is 5.65 Å². The average Bonchev–Trinajstić information content (AvgIpc) is 2.79. The zero-order valence-corrected chi connectivity index (χ0v) is 10.7. The number of nitrogens with two attached hydrogens (primary N) is 1. The van der Waals surface area contributed by atoms with Crippen molar-refractivity contribution in [1.29, 1.82) is 0 Å². The molecule has 4 heteroatoms. The summed E-state index contributed by atoms with van der Waals surface area (Å²) in [7, 11) is 0. The van der Waals surface area contributed by atoms with E-state index < -0.39 is 0 Å². The molecular weight excluding hydrogens is 238 g/mol. The fourth-order valence-electron chi connectivity index (χ4n) is 2.00. The molecule has 0 atom stereocenters. The van der Waals surface area contributed by atoms with Crippen LogP contribution in [0.2, 0.25) is 0 Å². The third-order valence-electron chi connectivity index (χ3n) is 2.99. The van der Waals surface area contributed by atoms with Gasteiger partial charge in [0.2, 0.25) is 0 Å². The Balaban J connectivity index is 1.80. The Morgan fingerprint density at radius 1 is 1.16 bits per heavy atom. The lowest BCUT2D eigenvalue weighted by atomic mass is 10.2. The predicted octanol–water partition coefficient (Wildman–Crippen LogP) is 2.80. The number of hydrogen-bond acceptors (Lipinski definition) is 3. The molecule has 0 saturated heterocycles. The van der Waals surface area contributed by atoms with Crippen molar-refractivity contribution in [3.63, 3.8) is 0 Å². The summed E-state index contributed by atoms with van der Waals surface area (Å²) in [6, 6.07) is 11.7. The van der Waals surface area contributed by atoms with Gasteiger partial charge in [-0.1, -0.05) is 18.2 Å². The first-order chi connectivity index (χ1) is 9.22. The molecule has 0 aliphatic heterocycles. The van der Waals surface area contributed by atoms with Crippen molar-refractivity contribution in [1.82, 2.24) is 9.38 Å². The fraction of sp³-hybridized carbons (Fsp3) is 0.133. The summed E-state index contributed by atoms with van der Waals surface area (Å²) in [6.07, 6.45) is 3.78. The Labute approximate surface area is 111 Å². The van der Waals surface area contributed by atoms with Gasteiger partial charge in [-0.2, -0.15) is 0 Å². The molecule has 19 heavy (non-hydrogen) atoms. The van der Waals surface area contributed by atoms with Crippen molar-refractivity contribution in [3.8, 4) is 5.75 Å². The largest absolute Gasteiger partial charge is 0.487 e. The highest BCUT2D eigenvalue weighted by atomic mass is 16.5. The fourth-order valence-corrected chi connectivity index (χ4v) is 2.00. The number of nitrogens with zero attached hydrogens (tertiary/aromatic N) is 2. The number of aryl methyl sites for hydroxylation is 1. The van der Waals surface area contributed by atoms with Crippen LogP contribution < -0.4 is 10.5 Å². The second-order valence-electron chi connectivity index (χ2n) is 4.51. The van der Waals surface area contributed by atoms with Gasteiger partial charge in [0.05, 0.1) is 5.69 Å². The van der Waals surface area contributed by atoms with Gasteiger partial charge in [0.15, 0.2) is 0 Å². The van der Waals surface area contributed by atoms with Crippen LogP contribution in [0.15, 0.2) is 48.8 Å². The van der Waals surface area contributed by atoms with Crippen LogP contribution in [0.5, 0.6) is 5.75 Å². The Hall–Kier alpha value is -2.49. The van der Waals surface area contributed by atoms with Crippen molar-refractivity contribution in [2.75, 3.05) is 5.73 Å². The number of imidazole rings is 1. The van der Waals surface area contributed by atoms with Crippen molar-refractivity contribution in [2.45, 2.75) is 13.5 Å². The average molecular weight is 253 g/mol. The van der Waals surface area contributed by atoms with Gasteiger partial charge in [0.25, 0.3) is 0 Å². The molecule has 0 aliphatic carbocycles. The summed E-state index contributed by atoms with van der Waals surface area (Å²) >= 11 is 0. The summed E-state index contributed by atoms with van der Waals surface area (Å²) < 4.78 is 7.68. The van der Waals surface area contributed by atoms with Crippen molar-refractivity contribution >= 4 is 11.3 Å². The topological polar surface area (TPSA) is 52.5 Å². The number of para-hydroxylation sites is 1. The molecule has 0 aliphatic rings. The van der Waals surface area contributed by atoms with E-state index in [1.807, 2.05) is 60.1 Å². The Morgan fingerprint density at radius 2 is 2.00 bits per heavy atom. The second-order valence-corrected chi connectivity index (χ2v) is 4.51. The van der Waals surface area contributed by atoms with Crippen LogP contribution in [-0.2, 0) is 6.61 Å². The molecular formula is C15H15N3O. The maximum atomic E-state index is 5.78. The predicted molar refractivity (Wildman–Crippen MR) is 75.1 cm³/mol. The molecule has 3 rings (SSSR count). The lowest BCUT2D eigenvalue weighted by molar-refractivity contribution is 0.300. The van der Waals surface area contributed by atoms with Crippen LogP contribution in [-0.4, -0.2) is 9.38 Å². The molecule has 0 amide bonds. The maximum absolute atomic E-state index is 5.78. The van der Waals surface area contributed by atoms with Crippen LogP contribution >= 0.6 is 0 Å². The first kappa shape index (κ1) is 11.6. The van der Waals surface area contributed by atoms with Crippen LogP contribution in [0.1, 0.15) is 11.3 Å². The van der Waals surface area contributed by atoms with Crippen molar-refractivity contribution in [3.05, 3.63) is 60.0 Å². The van der Waals surface area contributed by atoms with Crippen molar-refractivity contribution < 1.29 is 4.74 Å². The second kappa shape index (κ2) is 4.65. The Morgan fingerprint density at radius 3 is 2.84 bits per heavy atom. The number of rotatable bonds is 3. The van der Waals surface area contributed by atoms with E-state index in [0.717, 1.165) is 28.3 Å². The summed E-state index contributed by atoms with van der Waals surface area (Å²) in [5.41, 5.74) is 9.33. The lowest BCUT2D eigenvalue weighted by Crippen LogP contribution is -1.96. The first-order valence-corrected chi connectivity index (χ1v) is 6.14. The number of anilines is 1. The van der Waals surface area contributed by atoms with E-state index in [-0.39, 0.29) is 0 Å². The SMILES string of the molecule is Cc1ccccc1OCc1cn2cc(N)ccc2n1. The smallest absolute Gasteiger partial charge is 0.137 e. The van der Waals surface area contributed by atoms with Gasteiger partial charge in [-0.25, -0.2) is 4.98 Å². The molecule has 2 aromatic heterocycles. The molecule has 1 aromatic carbocycles. The number of aromatic nitrogens is 2. The number of benzene rings is 1. The molecule has 2 heterocycles. The maximum Gasteiger partial charge on any atom is 0.137 e. The molecule has 96 valence electrons. The molecule has 0 spiro atoms. The van der Waals surface area contributed by atoms with Crippen LogP contribution in [0.3, 0.4) is 0 Å². The standard InChI is InChI=1S/C15H15N3O/c1-11-4-2-3-5-14(11)19-10-13-9-18-8-12(16)6-7-15(18)17-13/h2-9H,10,16H2,1H3. The first-order valence-electron chi connectivity index (χ1n) is 6.14. The third-order valence-corrected chi connectivity index (χ3v) is 2.99. The molecule has 2 N–H and O–H groups in total. The van der Waals surface area contributed by atoms with Gasteiger partial charge >= 0.3 is 0 Å². The van der Waals surface area contributed by atoms with Gasteiger partial charge in [-0.05, 0) is 30.7 Å². The van der Waals surface area contributed by atoms with E-state index in [4.69, 9.17) is 10.5 Å². The van der Waals surface area contributed by atoms with Gasteiger partial charge < -0.3 is 14.9 Å². The Bertz CT molecular complexity index is 718. The normalized spacial score (nSPS) is 10.8. The molecule has 4 nitrogen and oxygen atoms in total. The van der Waals surface area contributed by atoms with Gasteiger partial charge in [0.1, 0.15) is 18.0 Å². The van der Waals surface area contributed by atoms with Crippen molar-refractivity contribution in [2.24, 2.45) is 0 Å².